The average Bonchev–Trinajstić information content (AvgIpc) is 3.12. The number of carbonyl (C=O) groups excluding carboxylic acids is 2. The molecule has 162 valence electrons. The Morgan fingerprint density at radius 3 is 2.22 bits per heavy atom. The molecule has 2 heterocycles. The van der Waals surface area contributed by atoms with Crippen LogP contribution < -0.4 is 10.6 Å². The lowest BCUT2D eigenvalue weighted by Gasteiger charge is -2.11. The number of pyridine rings is 1. The van der Waals surface area contributed by atoms with Crippen LogP contribution >= 0.6 is 0 Å². The molecule has 2 aromatic carbocycles. The van der Waals surface area contributed by atoms with Crippen molar-refractivity contribution in [1.82, 2.24) is 14.5 Å². The molecular formula is C25H25N5O2. The van der Waals surface area contributed by atoms with Gasteiger partial charge in [0.15, 0.2) is 0 Å². The van der Waals surface area contributed by atoms with Gasteiger partial charge in [-0.1, -0.05) is 12.1 Å². The fourth-order valence-corrected chi connectivity index (χ4v) is 3.66. The number of aryl methyl sites for hydroxylation is 1. The first-order valence-corrected chi connectivity index (χ1v) is 10.2. The van der Waals surface area contributed by atoms with Crippen LogP contribution in [-0.2, 0) is 11.8 Å². The van der Waals surface area contributed by atoms with E-state index in [-0.39, 0.29) is 11.8 Å². The molecule has 0 aliphatic heterocycles. The number of fused-ring (bicyclic) bond motifs is 1. The minimum Gasteiger partial charge on any atom is -0.345 e. The Morgan fingerprint density at radius 2 is 1.59 bits per heavy atom. The lowest BCUT2D eigenvalue weighted by atomic mass is 10.1. The van der Waals surface area contributed by atoms with Gasteiger partial charge in [0.1, 0.15) is 5.82 Å². The number of hydrogen-bond acceptors (Lipinski definition) is 4. The molecule has 0 unspecified atom stereocenters. The van der Waals surface area contributed by atoms with E-state index in [1.165, 1.54) is 6.92 Å². The van der Waals surface area contributed by atoms with Gasteiger partial charge < -0.3 is 20.1 Å². The van der Waals surface area contributed by atoms with Crippen LogP contribution in [0, 0.1) is 0 Å². The lowest BCUT2D eigenvalue weighted by molar-refractivity contribution is -0.114. The van der Waals surface area contributed by atoms with Crippen LogP contribution in [0.1, 0.15) is 17.3 Å². The summed E-state index contributed by atoms with van der Waals surface area (Å²) in [7, 11) is 5.51. The second kappa shape index (κ2) is 8.55. The molecule has 0 fully saturated rings. The molecule has 2 aromatic heterocycles. The zero-order valence-electron chi connectivity index (χ0n) is 18.5. The van der Waals surface area contributed by atoms with Crippen molar-refractivity contribution in [3.63, 3.8) is 0 Å². The highest BCUT2D eigenvalue weighted by molar-refractivity contribution is 5.97. The Hall–Kier alpha value is -4.13. The van der Waals surface area contributed by atoms with E-state index in [1.54, 1.807) is 25.2 Å². The van der Waals surface area contributed by atoms with Gasteiger partial charge in [-0.3, -0.25) is 9.59 Å². The molecule has 0 radical (unpaired) electrons. The molecule has 0 aliphatic carbocycles. The molecule has 0 aliphatic rings. The predicted molar refractivity (Wildman–Crippen MR) is 128 cm³/mol. The predicted octanol–water partition coefficient (Wildman–Crippen LogP) is 4.64. The molecule has 2 N–H and O–H groups in total. The molecule has 0 atom stereocenters. The van der Waals surface area contributed by atoms with E-state index >= 15 is 0 Å². The van der Waals surface area contributed by atoms with Crippen LogP contribution in [0.15, 0.2) is 66.9 Å². The first kappa shape index (κ1) is 21.1. The summed E-state index contributed by atoms with van der Waals surface area (Å²) >= 11 is 0. The van der Waals surface area contributed by atoms with Gasteiger partial charge in [0.2, 0.25) is 5.91 Å². The van der Waals surface area contributed by atoms with Crippen molar-refractivity contribution in [2.45, 2.75) is 6.92 Å². The maximum Gasteiger partial charge on any atom is 0.253 e. The Kier molecular flexibility index (Phi) is 5.64. The molecule has 0 saturated heterocycles. The first-order chi connectivity index (χ1) is 15.3. The lowest BCUT2D eigenvalue weighted by Crippen LogP contribution is -2.21. The van der Waals surface area contributed by atoms with Gasteiger partial charge in [0.05, 0.1) is 5.52 Å². The van der Waals surface area contributed by atoms with Crippen LogP contribution in [-0.4, -0.2) is 40.4 Å². The quantitative estimate of drug-likeness (QED) is 0.486. The molecule has 7 nitrogen and oxygen atoms in total. The molecule has 4 rings (SSSR count). The number of amides is 2. The number of rotatable bonds is 5. The number of nitrogens with zero attached hydrogens (tertiary/aromatic N) is 3. The van der Waals surface area contributed by atoms with E-state index in [2.05, 4.69) is 26.3 Å². The van der Waals surface area contributed by atoms with Crippen molar-refractivity contribution in [2.24, 2.45) is 7.05 Å². The summed E-state index contributed by atoms with van der Waals surface area (Å²) < 4.78 is 2.12. The van der Waals surface area contributed by atoms with Gasteiger partial charge in [-0.25, -0.2) is 4.98 Å². The summed E-state index contributed by atoms with van der Waals surface area (Å²) in [6.45, 7) is 1.48. The van der Waals surface area contributed by atoms with Crippen molar-refractivity contribution >= 4 is 39.9 Å². The highest BCUT2D eigenvalue weighted by Crippen LogP contribution is 2.32. The number of aromatic nitrogens is 2. The maximum absolute atomic E-state index is 12.2. The number of nitrogens with one attached hydrogen (secondary N) is 2. The van der Waals surface area contributed by atoms with Crippen LogP contribution in [0.25, 0.3) is 22.2 Å². The van der Waals surface area contributed by atoms with Gasteiger partial charge in [0.25, 0.3) is 5.91 Å². The topological polar surface area (TPSA) is 79.3 Å². The molecular weight excluding hydrogens is 402 g/mol. The molecule has 0 bridgehead atoms. The fourth-order valence-electron chi connectivity index (χ4n) is 3.66. The van der Waals surface area contributed by atoms with Crippen LogP contribution in [0.5, 0.6) is 0 Å². The van der Waals surface area contributed by atoms with Crippen molar-refractivity contribution in [2.75, 3.05) is 24.7 Å². The standard InChI is InChI=1S/C25H25N5O2/c1-16(31)27-19-9-11-20(12-10-19)28-24-21-15-23(30(4)22(21)13-14-26-24)17-5-7-18(8-6-17)25(32)29(2)3/h5-15H,1-4H3,(H,26,28)(H,27,31). The smallest absolute Gasteiger partial charge is 0.253 e. The van der Waals surface area contributed by atoms with Crippen LogP contribution in [0.4, 0.5) is 17.2 Å². The number of hydrogen-bond donors (Lipinski definition) is 2. The molecule has 7 heteroatoms. The number of benzene rings is 2. The van der Waals surface area contributed by atoms with Crippen molar-refractivity contribution in [3.05, 3.63) is 72.4 Å². The van der Waals surface area contributed by atoms with E-state index in [4.69, 9.17) is 0 Å². The third kappa shape index (κ3) is 4.18. The zero-order chi connectivity index (χ0) is 22.8. The van der Waals surface area contributed by atoms with Gasteiger partial charge in [-0.2, -0.15) is 0 Å². The highest BCUT2D eigenvalue weighted by Gasteiger charge is 2.13. The second-order valence-corrected chi connectivity index (χ2v) is 7.84. The summed E-state index contributed by atoms with van der Waals surface area (Å²) in [5.41, 5.74) is 5.36. The molecule has 2 amide bonds. The SMILES string of the molecule is CC(=O)Nc1ccc(Nc2nccc3c2cc(-c2ccc(C(=O)N(C)C)cc2)n3C)cc1. The molecule has 0 saturated carbocycles. The Balaban J connectivity index is 1.65. The fraction of sp³-hybridized carbons (Fsp3) is 0.160. The van der Waals surface area contributed by atoms with Gasteiger partial charge in [0, 0.05) is 62.3 Å². The molecule has 4 aromatic rings. The number of carbonyl (C=O) groups is 2. The monoisotopic (exact) mass is 427 g/mol. The maximum atomic E-state index is 12.2. The van der Waals surface area contributed by atoms with E-state index in [1.807, 2.05) is 61.6 Å². The molecule has 32 heavy (non-hydrogen) atoms. The van der Waals surface area contributed by atoms with E-state index in [0.717, 1.165) is 39.4 Å². The summed E-state index contributed by atoms with van der Waals surface area (Å²) in [4.78, 5) is 29.5. The normalized spacial score (nSPS) is 10.8. The highest BCUT2D eigenvalue weighted by atomic mass is 16.2. The zero-order valence-corrected chi connectivity index (χ0v) is 18.5. The Morgan fingerprint density at radius 1 is 0.938 bits per heavy atom. The summed E-state index contributed by atoms with van der Waals surface area (Å²) in [5, 5.41) is 7.12. The van der Waals surface area contributed by atoms with Gasteiger partial charge in [-0.15, -0.1) is 0 Å². The summed E-state index contributed by atoms with van der Waals surface area (Å²) in [5.74, 6) is 0.623. The molecule has 0 spiro atoms. The Bertz CT molecular complexity index is 1290. The Labute approximate surface area is 186 Å². The summed E-state index contributed by atoms with van der Waals surface area (Å²) in [6, 6.07) is 19.2. The van der Waals surface area contributed by atoms with Crippen LogP contribution in [0.2, 0.25) is 0 Å². The third-order valence-corrected chi connectivity index (χ3v) is 5.27. The van der Waals surface area contributed by atoms with Gasteiger partial charge in [-0.05, 0) is 54.1 Å². The first-order valence-electron chi connectivity index (χ1n) is 10.2. The van der Waals surface area contributed by atoms with E-state index in [9.17, 15) is 9.59 Å². The van der Waals surface area contributed by atoms with Crippen molar-refractivity contribution in [1.29, 1.82) is 0 Å². The second-order valence-electron chi connectivity index (χ2n) is 7.84. The third-order valence-electron chi connectivity index (χ3n) is 5.27. The number of anilines is 3. The van der Waals surface area contributed by atoms with Gasteiger partial charge >= 0.3 is 0 Å². The van der Waals surface area contributed by atoms with E-state index in [0.29, 0.717) is 5.56 Å². The van der Waals surface area contributed by atoms with Crippen molar-refractivity contribution < 1.29 is 9.59 Å². The minimum atomic E-state index is -0.104. The average molecular weight is 428 g/mol. The minimum absolute atomic E-state index is 0.0196. The van der Waals surface area contributed by atoms with Crippen molar-refractivity contribution in [3.8, 4) is 11.3 Å². The van der Waals surface area contributed by atoms with E-state index < -0.39 is 0 Å². The largest absolute Gasteiger partial charge is 0.345 e. The van der Waals surface area contributed by atoms with Crippen LogP contribution in [0.3, 0.4) is 0 Å². The summed E-state index contributed by atoms with van der Waals surface area (Å²) in [6.07, 6.45) is 1.78.